The second kappa shape index (κ2) is 10.8. The molecule has 1 N–H and O–H groups in total. The van der Waals surface area contributed by atoms with Gasteiger partial charge in [-0.3, -0.25) is 4.79 Å². The van der Waals surface area contributed by atoms with Gasteiger partial charge in [-0.1, -0.05) is 0 Å². The summed E-state index contributed by atoms with van der Waals surface area (Å²) in [5.41, 5.74) is 2.18. The van der Waals surface area contributed by atoms with Crippen molar-refractivity contribution in [2.75, 3.05) is 26.4 Å². The second-order valence-corrected chi connectivity index (χ2v) is 6.61. The van der Waals surface area contributed by atoms with Gasteiger partial charge in [0.15, 0.2) is 6.61 Å². The summed E-state index contributed by atoms with van der Waals surface area (Å²) in [5, 5.41) is 6.87. The molecular weight excluding hydrogens is 398 g/mol. The van der Waals surface area contributed by atoms with Gasteiger partial charge in [0, 0.05) is 11.9 Å². The van der Waals surface area contributed by atoms with E-state index in [1.165, 1.54) is 0 Å². The summed E-state index contributed by atoms with van der Waals surface area (Å²) in [5.74, 6) is 0.492. The van der Waals surface area contributed by atoms with Crippen LogP contribution in [0.15, 0.2) is 60.8 Å². The lowest BCUT2D eigenvalue weighted by molar-refractivity contribution is -0.124. The number of nitrogens with one attached hydrogen (secondary N) is 1. The summed E-state index contributed by atoms with van der Waals surface area (Å²) in [7, 11) is 0. The van der Waals surface area contributed by atoms with E-state index in [9.17, 15) is 9.59 Å². The normalized spacial score (nSPS) is 10.4. The van der Waals surface area contributed by atoms with Crippen molar-refractivity contribution in [3.05, 3.63) is 72.1 Å². The van der Waals surface area contributed by atoms with Crippen LogP contribution in [-0.4, -0.2) is 48.0 Å². The van der Waals surface area contributed by atoms with Crippen LogP contribution in [0.1, 0.15) is 23.0 Å². The van der Waals surface area contributed by atoms with Crippen molar-refractivity contribution in [3.8, 4) is 17.2 Å². The minimum Gasteiger partial charge on any atom is -0.494 e. The van der Waals surface area contributed by atoms with E-state index in [4.69, 9.17) is 14.2 Å². The average Bonchev–Trinajstić information content (AvgIpc) is 3.22. The Labute approximate surface area is 180 Å². The number of hydrogen-bond donors (Lipinski definition) is 1. The second-order valence-electron chi connectivity index (χ2n) is 6.61. The fourth-order valence-electron chi connectivity index (χ4n) is 2.80. The summed E-state index contributed by atoms with van der Waals surface area (Å²) in [6.07, 6.45) is 1.71. The highest BCUT2D eigenvalue weighted by molar-refractivity contribution is 5.91. The monoisotopic (exact) mass is 423 g/mol. The van der Waals surface area contributed by atoms with E-state index in [-0.39, 0.29) is 6.61 Å². The zero-order valence-electron chi connectivity index (χ0n) is 17.5. The number of hydrogen-bond acceptors (Lipinski definition) is 6. The number of carbonyl (C=O) groups excluding carboxylic acids is 2. The molecule has 0 saturated carbocycles. The van der Waals surface area contributed by atoms with Gasteiger partial charge in [0.05, 0.1) is 24.4 Å². The first-order valence-corrected chi connectivity index (χ1v) is 9.97. The SMILES string of the molecule is CCOc1ccc(OCCNC(=O)COC(=O)c2ccc(-n3nccc3C)cc2)cc1. The molecule has 3 aromatic rings. The highest BCUT2D eigenvalue weighted by Crippen LogP contribution is 2.17. The Morgan fingerprint density at radius 3 is 2.26 bits per heavy atom. The van der Waals surface area contributed by atoms with Crippen molar-refractivity contribution in [2.24, 2.45) is 0 Å². The van der Waals surface area contributed by atoms with Crippen LogP contribution in [0.2, 0.25) is 0 Å². The highest BCUT2D eigenvalue weighted by Gasteiger charge is 2.11. The fraction of sp³-hybridized carbons (Fsp3) is 0.261. The third kappa shape index (κ3) is 6.33. The molecule has 3 rings (SSSR count). The minimum absolute atomic E-state index is 0.293. The van der Waals surface area contributed by atoms with E-state index < -0.39 is 11.9 Å². The molecule has 1 heterocycles. The van der Waals surface area contributed by atoms with Crippen LogP contribution in [0.25, 0.3) is 5.69 Å². The number of rotatable bonds is 10. The van der Waals surface area contributed by atoms with E-state index in [1.54, 1.807) is 47.3 Å². The van der Waals surface area contributed by atoms with Crippen molar-refractivity contribution >= 4 is 11.9 Å². The summed E-state index contributed by atoms with van der Waals surface area (Å²) in [6.45, 7) is 4.69. The molecule has 1 amide bonds. The van der Waals surface area contributed by atoms with E-state index in [2.05, 4.69) is 10.4 Å². The number of nitrogens with zero attached hydrogens (tertiary/aromatic N) is 2. The molecule has 1 aromatic heterocycles. The first-order chi connectivity index (χ1) is 15.1. The van der Waals surface area contributed by atoms with E-state index in [0.29, 0.717) is 31.1 Å². The summed E-state index contributed by atoms with van der Waals surface area (Å²) >= 11 is 0. The smallest absolute Gasteiger partial charge is 0.338 e. The number of carbonyl (C=O) groups is 2. The first kappa shape index (κ1) is 21.9. The summed E-state index contributed by atoms with van der Waals surface area (Å²) < 4.78 is 17.7. The number of benzene rings is 2. The van der Waals surface area contributed by atoms with Crippen LogP contribution >= 0.6 is 0 Å². The molecule has 0 fully saturated rings. The molecule has 0 aliphatic carbocycles. The average molecular weight is 423 g/mol. The molecule has 0 bridgehead atoms. The number of aromatic nitrogens is 2. The molecule has 0 unspecified atom stereocenters. The van der Waals surface area contributed by atoms with Crippen molar-refractivity contribution < 1.29 is 23.8 Å². The van der Waals surface area contributed by atoms with Gasteiger partial charge < -0.3 is 19.5 Å². The molecule has 8 nitrogen and oxygen atoms in total. The molecule has 162 valence electrons. The Kier molecular flexibility index (Phi) is 7.64. The Hall–Kier alpha value is -3.81. The first-order valence-electron chi connectivity index (χ1n) is 9.97. The Bertz CT molecular complexity index is 997. The quantitative estimate of drug-likeness (QED) is 0.398. The Balaban J connectivity index is 1.36. The van der Waals surface area contributed by atoms with Crippen molar-refractivity contribution in [3.63, 3.8) is 0 Å². The van der Waals surface area contributed by atoms with Crippen LogP contribution in [-0.2, 0) is 9.53 Å². The molecule has 0 radical (unpaired) electrons. The number of aryl methyl sites for hydroxylation is 1. The summed E-state index contributed by atoms with van der Waals surface area (Å²) in [4.78, 5) is 24.0. The van der Waals surface area contributed by atoms with Crippen LogP contribution in [0.5, 0.6) is 11.5 Å². The van der Waals surface area contributed by atoms with Crippen molar-refractivity contribution in [1.82, 2.24) is 15.1 Å². The van der Waals surface area contributed by atoms with Gasteiger partial charge >= 0.3 is 5.97 Å². The van der Waals surface area contributed by atoms with Gasteiger partial charge in [-0.05, 0) is 68.4 Å². The zero-order chi connectivity index (χ0) is 22.1. The molecule has 8 heteroatoms. The maximum atomic E-state index is 12.1. The third-order valence-electron chi connectivity index (χ3n) is 4.34. The minimum atomic E-state index is -0.565. The van der Waals surface area contributed by atoms with Gasteiger partial charge in [-0.25, -0.2) is 9.48 Å². The number of amides is 1. The molecule has 0 aliphatic rings. The Morgan fingerprint density at radius 2 is 1.65 bits per heavy atom. The standard InChI is InChI=1S/C23H25N3O5/c1-3-29-20-8-10-21(11-9-20)30-15-14-24-22(27)16-31-23(28)18-4-6-19(7-5-18)26-17(2)12-13-25-26/h4-13H,3,14-16H2,1-2H3,(H,24,27). The van der Waals surface area contributed by atoms with Gasteiger partial charge in [-0.2, -0.15) is 5.10 Å². The van der Waals surface area contributed by atoms with Gasteiger partial charge in [0.25, 0.3) is 5.91 Å². The molecule has 2 aromatic carbocycles. The van der Waals surface area contributed by atoms with Gasteiger partial charge in [0.2, 0.25) is 0 Å². The number of esters is 1. The maximum absolute atomic E-state index is 12.1. The third-order valence-corrected chi connectivity index (χ3v) is 4.34. The van der Waals surface area contributed by atoms with Crippen LogP contribution in [0.3, 0.4) is 0 Å². The zero-order valence-corrected chi connectivity index (χ0v) is 17.5. The van der Waals surface area contributed by atoms with Crippen LogP contribution < -0.4 is 14.8 Å². The van der Waals surface area contributed by atoms with Crippen LogP contribution in [0, 0.1) is 6.92 Å². The molecule has 0 aliphatic heterocycles. The largest absolute Gasteiger partial charge is 0.494 e. The number of ether oxygens (including phenoxy) is 3. The van der Waals surface area contributed by atoms with E-state index >= 15 is 0 Å². The van der Waals surface area contributed by atoms with E-state index in [1.807, 2.05) is 32.0 Å². The molecule has 0 spiro atoms. The predicted molar refractivity (Wildman–Crippen MR) is 115 cm³/mol. The van der Waals surface area contributed by atoms with Crippen molar-refractivity contribution in [2.45, 2.75) is 13.8 Å². The summed E-state index contributed by atoms with van der Waals surface area (Å²) in [6, 6.07) is 16.0. The van der Waals surface area contributed by atoms with Gasteiger partial charge in [-0.15, -0.1) is 0 Å². The molecule has 0 atom stereocenters. The topological polar surface area (TPSA) is 91.7 Å². The predicted octanol–water partition coefficient (Wildman–Crippen LogP) is 2.93. The highest BCUT2D eigenvalue weighted by atomic mass is 16.5. The lowest BCUT2D eigenvalue weighted by Crippen LogP contribution is -2.32. The maximum Gasteiger partial charge on any atom is 0.338 e. The van der Waals surface area contributed by atoms with Gasteiger partial charge in [0.1, 0.15) is 18.1 Å². The Morgan fingerprint density at radius 1 is 0.968 bits per heavy atom. The fourth-order valence-corrected chi connectivity index (χ4v) is 2.80. The van der Waals surface area contributed by atoms with Crippen molar-refractivity contribution in [1.29, 1.82) is 0 Å². The molecule has 31 heavy (non-hydrogen) atoms. The lowest BCUT2D eigenvalue weighted by atomic mass is 10.2. The molecular formula is C23H25N3O5. The molecule has 0 saturated heterocycles. The van der Waals surface area contributed by atoms with Crippen LogP contribution in [0.4, 0.5) is 0 Å². The van der Waals surface area contributed by atoms with E-state index in [0.717, 1.165) is 17.1 Å². The lowest BCUT2D eigenvalue weighted by Gasteiger charge is -2.09.